The predicted molar refractivity (Wildman–Crippen MR) is 75.2 cm³/mol. The molecule has 0 aromatic heterocycles. The molecule has 0 amide bonds. The van der Waals surface area contributed by atoms with Crippen molar-refractivity contribution in [1.82, 2.24) is 4.90 Å². The zero-order valence-corrected chi connectivity index (χ0v) is 12.3. The summed E-state index contributed by atoms with van der Waals surface area (Å²) in [6.07, 6.45) is 8.95. The van der Waals surface area contributed by atoms with E-state index in [1.807, 2.05) is 0 Å². The zero-order valence-electron chi connectivity index (χ0n) is 12.3. The van der Waals surface area contributed by atoms with Gasteiger partial charge >= 0.3 is 0 Å². The molecule has 17 heavy (non-hydrogen) atoms. The van der Waals surface area contributed by atoms with Crippen LogP contribution >= 0.6 is 0 Å². The fourth-order valence-corrected chi connectivity index (χ4v) is 4.23. The van der Waals surface area contributed by atoms with Crippen molar-refractivity contribution in [3.63, 3.8) is 0 Å². The molecule has 2 fully saturated rings. The van der Waals surface area contributed by atoms with Crippen molar-refractivity contribution >= 4 is 0 Å². The molecule has 0 aromatic carbocycles. The molecule has 1 heterocycles. The molecule has 0 N–H and O–H groups in total. The molecule has 1 spiro atoms. The Morgan fingerprint density at radius 1 is 1.18 bits per heavy atom. The van der Waals surface area contributed by atoms with Gasteiger partial charge in [0.25, 0.3) is 0 Å². The molecular formula is C16H31N. The van der Waals surface area contributed by atoms with E-state index in [4.69, 9.17) is 0 Å². The van der Waals surface area contributed by atoms with Crippen LogP contribution in [0.1, 0.15) is 66.2 Å². The summed E-state index contributed by atoms with van der Waals surface area (Å²) in [6.45, 7) is 12.2. The molecule has 1 aliphatic heterocycles. The van der Waals surface area contributed by atoms with Crippen LogP contribution < -0.4 is 0 Å². The number of rotatable bonds is 3. The van der Waals surface area contributed by atoms with Crippen LogP contribution in [0.15, 0.2) is 0 Å². The van der Waals surface area contributed by atoms with Crippen molar-refractivity contribution in [2.45, 2.75) is 72.3 Å². The van der Waals surface area contributed by atoms with Gasteiger partial charge in [0.2, 0.25) is 0 Å². The maximum atomic E-state index is 2.71. The minimum atomic E-state index is 0.710. The van der Waals surface area contributed by atoms with Gasteiger partial charge in [-0.1, -0.05) is 26.7 Å². The molecule has 2 atom stereocenters. The molecule has 2 rings (SSSR count). The number of likely N-dealkylation sites (tertiary alicyclic amines) is 1. The maximum Gasteiger partial charge on any atom is 0.00413 e. The van der Waals surface area contributed by atoms with Crippen LogP contribution in [-0.4, -0.2) is 24.0 Å². The van der Waals surface area contributed by atoms with Gasteiger partial charge in [-0.2, -0.15) is 0 Å². The summed E-state index contributed by atoms with van der Waals surface area (Å²) < 4.78 is 0. The lowest BCUT2D eigenvalue weighted by molar-refractivity contribution is 0.121. The average Bonchev–Trinajstić information content (AvgIpc) is 2.61. The molecule has 2 aliphatic rings. The lowest BCUT2D eigenvalue weighted by Crippen LogP contribution is -2.35. The predicted octanol–water partition coefficient (Wildman–Crippen LogP) is 4.32. The second-order valence-corrected chi connectivity index (χ2v) is 7.41. The quantitative estimate of drug-likeness (QED) is 0.706. The van der Waals surface area contributed by atoms with Crippen molar-refractivity contribution in [3.8, 4) is 0 Å². The fourth-order valence-electron chi connectivity index (χ4n) is 4.23. The van der Waals surface area contributed by atoms with Crippen LogP contribution in [0.5, 0.6) is 0 Å². The third kappa shape index (κ3) is 3.24. The smallest absolute Gasteiger partial charge is 0.00413 e. The van der Waals surface area contributed by atoms with Gasteiger partial charge < -0.3 is 4.90 Å². The summed E-state index contributed by atoms with van der Waals surface area (Å²) in [5, 5.41) is 0. The highest BCUT2D eigenvalue weighted by Crippen LogP contribution is 2.47. The van der Waals surface area contributed by atoms with Crippen molar-refractivity contribution in [3.05, 3.63) is 0 Å². The van der Waals surface area contributed by atoms with Gasteiger partial charge in [-0.25, -0.2) is 0 Å². The molecular weight excluding hydrogens is 206 g/mol. The molecule has 1 saturated heterocycles. The Morgan fingerprint density at radius 3 is 2.53 bits per heavy atom. The molecule has 0 radical (unpaired) electrons. The van der Waals surface area contributed by atoms with E-state index in [9.17, 15) is 0 Å². The van der Waals surface area contributed by atoms with Crippen LogP contribution in [0.3, 0.4) is 0 Å². The fraction of sp³-hybridized carbons (Fsp3) is 1.00. The lowest BCUT2D eigenvalue weighted by Gasteiger charge is -2.39. The van der Waals surface area contributed by atoms with E-state index in [-0.39, 0.29) is 0 Å². The Morgan fingerprint density at radius 2 is 1.94 bits per heavy atom. The Labute approximate surface area is 108 Å². The van der Waals surface area contributed by atoms with Crippen molar-refractivity contribution in [2.75, 3.05) is 13.1 Å². The summed E-state index contributed by atoms with van der Waals surface area (Å²) in [7, 11) is 0. The van der Waals surface area contributed by atoms with Crippen LogP contribution in [0.4, 0.5) is 0 Å². The molecule has 0 bridgehead atoms. The zero-order chi connectivity index (χ0) is 12.5. The van der Waals surface area contributed by atoms with Crippen molar-refractivity contribution in [1.29, 1.82) is 0 Å². The Hall–Kier alpha value is -0.0400. The van der Waals surface area contributed by atoms with E-state index < -0.39 is 0 Å². The summed E-state index contributed by atoms with van der Waals surface area (Å²) in [6, 6.07) is 0.750. The van der Waals surface area contributed by atoms with Gasteiger partial charge in [0.1, 0.15) is 0 Å². The first kappa shape index (κ1) is 13.4. The molecule has 100 valence electrons. The topological polar surface area (TPSA) is 3.24 Å². The molecule has 0 aromatic rings. The van der Waals surface area contributed by atoms with Gasteiger partial charge in [-0.15, -0.1) is 0 Å². The normalized spacial score (nSPS) is 35.3. The summed E-state index contributed by atoms with van der Waals surface area (Å²) in [4.78, 5) is 2.71. The van der Waals surface area contributed by atoms with E-state index in [1.54, 1.807) is 0 Å². The highest BCUT2D eigenvalue weighted by Gasteiger charge is 2.42. The summed E-state index contributed by atoms with van der Waals surface area (Å²) in [5.74, 6) is 1.91. The largest absolute Gasteiger partial charge is 0.300 e. The highest BCUT2D eigenvalue weighted by molar-refractivity contribution is 4.94. The number of nitrogens with zero attached hydrogens (tertiary/aromatic N) is 1. The standard InChI is InChI=1S/C16H31N/c1-13(2)10-15-6-5-7-16(11-15)8-9-17(12-16)14(3)4/h13-15H,5-12H2,1-4H3. The minimum Gasteiger partial charge on any atom is -0.300 e. The van der Waals surface area contributed by atoms with Crippen LogP contribution in [-0.2, 0) is 0 Å². The van der Waals surface area contributed by atoms with Gasteiger partial charge in [-0.3, -0.25) is 0 Å². The van der Waals surface area contributed by atoms with Crippen LogP contribution in [0, 0.1) is 17.3 Å². The number of hydrogen-bond acceptors (Lipinski definition) is 1. The van der Waals surface area contributed by atoms with Crippen LogP contribution in [0.2, 0.25) is 0 Å². The van der Waals surface area contributed by atoms with E-state index >= 15 is 0 Å². The first-order chi connectivity index (χ1) is 8.01. The van der Waals surface area contributed by atoms with Gasteiger partial charge in [0.05, 0.1) is 0 Å². The first-order valence-electron chi connectivity index (χ1n) is 7.75. The van der Waals surface area contributed by atoms with E-state index in [0.717, 1.165) is 17.9 Å². The number of hydrogen-bond donors (Lipinski definition) is 0. The van der Waals surface area contributed by atoms with Gasteiger partial charge in [0, 0.05) is 12.6 Å². The Kier molecular flexibility index (Phi) is 4.18. The molecule has 2 unspecified atom stereocenters. The molecule has 1 nitrogen and oxygen atoms in total. The minimum absolute atomic E-state index is 0.710. The molecule has 1 heteroatoms. The summed E-state index contributed by atoms with van der Waals surface area (Å²) >= 11 is 0. The maximum absolute atomic E-state index is 2.71. The lowest BCUT2D eigenvalue weighted by atomic mass is 9.67. The van der Waals surface area contributed by atoms with Gasteiger partial charge in [0.15, 0.2) is 0 Å². The van der Waals surface area contributed by atoms with Crippen molar-refractivity contribution < 1.29 is 0 Å². The Bertz CT molecular complexity index is 246. The third-order valence-corrected chi connectivity index (χ3v) is 5.04. The van der Waals surface area contributed by atoms with E-state index in [0.29, 0.717) is 5.41 Å². The highest BCUT2D eigenvalue weighted by atomic mass is 15.2. The SMILES string of the molecule is CC(C)CC1CCCC2(CCN(C(C)C)C2)C1. The monoisotopic (exact) mass is 237 g/mol. The molecule has 1 aliphatic carbocycles. The van der Waals surface area contributed by atoms with Crippen molar-refractivity contribution in [2.24, 2.45) is 17.3 Å². The van der Waals surface area contributed by atoms with Gasteiger partial charge in [-0.05, 0) is 63.3 Å². The summed E-state index contributed by atoms with van der Waals surface area (Å²) in [5.41, 5.74) is 0.710. The first-order valence-corrected chi connectivity index (χ1v) is 7.75. The second kappa shape index (κ2) is 5.30. The average molecular weight is 237 g/mol. The van der Waals surface area contributed by atoms with E-state index in [2.05, 4.69) is 32.6 Å². The molecule has 1 saturated carbocycles. The second-order valence-electron chi connectivity index (χ2n) is 7.41. The Balaban J connectivity index is 1.92. The van der Waals surface area contributed by atoms with Crippen LogP contribution in [0.25, 0.3) is 0 Å². The van der Waals surface area contributed by atoms with E-state index in [1.165, 1.54) is 51.6 Å². The third-order valence-electron chi connectivity index (χ3n) is 5.04.